The number of hydrogen-bond acceptors (Lipinski definition) is 6. The fourth-order valence-electron chi connectivity index (χ4n) is 3.20. The van der Waals surface area contributed by atoms with Crippen LogP contribution in [0.4, 0.5) is 5.69 Å². The van der Waals surface area contributed by atoms with Gasteiger partial charge < -0.3 is 4.74 Å². The molecular formula is C20H17ClN4O2S. The summed E-state index contributed by atoms with van der Waals surface area (Å²) < 4.78 is 6.27. The summed E-state index contributed by atoms with van der Waals surface area (Å²) in [5, 5.41) is 9.47. The summed E-state index contributed by atoms with van der Waals surface area (Å²) in [6.07, 6.45) is 1.18. The summed E-state index contributed by atoms with van der Waals surface area (Å²) in [4.78, 5) is 18.8. The highest BCUT2D eigenvalue weighted by atomic mass is 35.5. The van der Waals surface area contributed by atoms with Crippen molar-refractivity contribution in [3.63, 3.8) is 0 Å². The molecule has 8 heteroatoms. The number of nitrogens with zero attached hydrogens (tertiary/aromatic N) is 4. The second-order valence-electron chi connectivity index (χ2n) is 6.39. The first kappa shape index (κ1) is 18.7. The first-order valence-electron chi connectivity index (χ1n) is 8.59. The molecule has 1 unspecified atom stereocenters. The number of carbonyl (C=O) groups is 1. The van der Waals surface area contributed by atoms with Crippen molar-refractivity contribution in [2.75, 3.05) is 11.2 Å². The van der Waals surface area contributed by atoms with E-state index in [9.17, 15) is 4.79 Å². The number of carbonyl (C=O) groups excluding carboxylic acids is 1. The van der Waals surface area contributed by atoms with Crippen molar-refractivity contribution in [3.05, 3.63) is 58.6 Å². The average Bonchev–Trinajstić information content (AvgIpc) is 2.81. The number of halogens is 1. The van der Waals surface area contributed by atoms with Crippen molar-refractivity contribution >= 4 is 35.0 Å². The summed E-state index contributed by atoms with van der Waals surface area (Å²) in [5.41, 5.74) is 3.66. The SMILES string of the molecule is CSc1nnc2c(n1)OC(c1cccc(C)c1)N(C(C)=O)c1ccc(Cl)cc1-2. The molecule has 0 fully saturated rings. The summed E-state index contributed by atoms with van der Waals surface area (Å²) in [6, 6.07) is 13.1. The zero-order valence-corrected chi connectivity index (χ0v) is 17.1. The molecule has 1 aromatic heterocycles. The van der Waals surface area contributed by atoms with Gasteiger partial charge in [-0.3, -0.25) is 9.69 Å². The minimum absolute atomic E-state index is 0.166. The Morgan fingerprint density at radius 2 is 2.04 bits per heavy atom. The molecule has 1 atom stereocenters. The highest BCUT2D eigenvalue weighted by Crippen LogP contribution is 2.44. The fraction of sp³-hybridized carbons (Fsp3) is 0.200. The highest BCUT2D eigenvalue weighted by molar-refractivity contribution is 7.98. The highest BCUT2D eigenvalue weighted by Gasteiger charge is 2.34. The Morgan fingerprint density at radius 1 is 1.21 bits per heavy atom. The molecule has 0 saturated heterocycles. The molecule has 28 heavy (non-hydrogen) atoms. The van der Waals surface area contributed by atoms with Gasteiger partial charge in [0.15, 0.2) is 5.69 Å². The maximum Gasteiger partial charge on any atom is 0.247 e. The van der Waals surface area contributed by atoms with E-state index in [-0.39, 0.29) is 5.91 Å². The molecule has 3 aromatic rings. The normalized spacial score (nSPS) is 15.3. The van der Waals surface area contributed by atoms with Crippen LogP contribution in [0.5, 0.6) is 5.88 Å². The minimum atomic E-state index is -0.690. The van der Waals surface area contributed by atoms with Crippen molar-refractivity contribution in [2.45, 2.75) is 25.2 Å². The zero-order valence-electron chi connectivity index (χ0n) is 15.5. The number of anilines is 1. The Balaban J connectivity index is 2.00. The number of hydrogen-bond donors (Lipinski definition) is 0. The second kappa shape index (κ2) is 7.41. The first-order valence-corrected chi connectivity index (χ1v) is 10.2. The number of aryl methyl sites for hydroxylation is 1. The van der Waals surface area contributed by atoms with E-state index >= 15 is 0 Å². The van der Waals surface area contributed by atoms with Crippen molar-refractivity contribution in [1.29, 1.82) is 0 Å². The maximum atomic E-state index is 12.7. The first-order chi connectivity index (χ1) is 13.5. The molecule has 0 N–H and O–H groups in total. The van der Waals surface area contributed by atoms with E-state index in [0.29, 0.717) is 33.0 Å². The van der Waals surface area contributed by atoms with E-state index in [1.165, 1.54) is 18.7 Å². The number of benzene rings is 2. The number of aromatic nitrogens is 3. The number of amides is 1. The molecule has 1 aliphatic rings. The van der Waals surface area contributed by atoms with E-state index in [0.717, 1.165) is 11.1 Å². The van der Waals surface area contributed by atoms with Gasteiger partial charge in [-0.05, 0) is 31.4 Å². The van der Waals surface area contributed by atoms with Crippen LogP contribution in [0.25, 0.3) is 11.3 Å². The third kappa shape index (κ3) is 3.31. The van der Waals surface area contributed by atoms with Crippen LogP contribution in [-0.2, 0) is 4.79 Å². The van der Waals surface area contributed by atoms with E-state index < -0.39 is 6.23 Å². The standard InChI is InChI=1S/C20H17ClN4O2S/c1-11-5-4-6-13(9-11)19-25(12(2)26)16-8-7-14(21)10-15(16)17-18(27-19)22-20(28-3)24-23-17/h4-10,19H,1-3H3. The third-order valence-electron chi connectivity index (χ3n) is 4.42. The minimum Gasteiger partial charge on any atom is -0.447 e. The molecule has 6 nitrogen and oxygen atoms in total. The lowest BCUT2D eigenvalue weighted by atomic mass is 10.1. The van der Waals surface area contributed by atoms with Crippen LogP contribution >= 0.6 is 23.4 Å². The second-order valence-corrected chi connectivity index (χ2v) is 7.60. The molecule has 1 aliphatic heterocycles. The quantitative estimate of drug-likeness (QED) is 0.570. The van der Waals surface area contributed by atoms with E-state index in [1.54, 1.807) is 23.1 Å². The predicted octanol–water partition coefficient (Wildman–Crippen LogP) is 4.67. The van der Waals surface area contributed by atoms with Gasteiger partial charge >= 0.3 is 0 Å². The van der Waals surface area contributed by atoms with Crippen LogP contribution < -0.4 is 9.64 Å². The number of ether oxygens (including phenoxy) is 1. The van der Waals surface area contributed by atoms with Crippen LogP contribution in [0, 0.1) is 6.92 Å². The lowest BCUT2D eigenvalue weighted by molar-refractivity contribution is -0.118. The average molecular weight is 413 g/mol. The molecule has 0 aliphatic carbocycles. The molecule has 4 rings (SSSR count). The van der Waals surface area contributed by atoms with Crippen LogP contribution in [-0.4, -0.2) is 27.3 Å². The lowest BCUT2D eigenvalue weighted by Crippen LogP contribution is -2.36. The van der Waals surface area contributed by atoms with E-state index in [4.69, 9.17) is 16.3 Å². The number of rotatable bonds is 2. The van der Waals surface area contributed by atoms with Crippen LogP contribution in [0.2, 0.25) is 5.02 Å². The van der Waals surface area contributed by atoms with Gasteiger partial charge in [-0.25, -0.2) is 0 Å². The molecule has 0 radical (unpaired) electrons. The van der Waals surface area contributed by atoms with E-state index in [1.807, 2.05) is 37.4 Å². The number of thioether (sulfide) groups is 1. The Labute approximate surface area is 171 Å². The van der Waals surface area contributed by atoms with Crippen LogP contribution in [0.15, 0.2) is 47.6 Å². The van der Waals surface area contributed by atoms with Gasteiger partial charge in [-0.2, -0.15) is 4.98 Å². The number of fused-ring (bicyclic) bond motifs is 3. The molecule has 2 heterocycles. The predicted molar refractivity (Wildman–Crippen MR) is 110 cm³/mol. The third-order valence-corrected chi connectivity index (χ3v) is 5.19. The smallest absolute Gasteiger partial charge is 0.247 e. The van der Waals surface area contributed by atoms with Crippen LogP contribution in [0.1, 0.15) is 24.3 Å². The molecule has 1 amide bonds. The fourth-order valence-corrected chi connectivity index (χ4v) is 3.67. The summed E-state index contributed by atoms with van der Waals surface area (Å²) in [6.45, 7) is 3.50. The summed E-state index contributed by atoms with van der Waals surface area (Å²) >= 11 is 7.61. The van der Waals surface area contributed by atoms with Crippen LogP contribution in [0.3, 0.4) is 0 Å². The topological polar surface area (TPSA) is 68.2 Å². The zero-order chi connectivity index (χ0) is 19.8. The van der Waals surface area contributed by atoms with Gasteiger partial charge in [0, 0.05) is 23.1 Å². The van der Waals surface area contributed by atoms with Gasteiger partial charge in [0.1, 0.15) is 0 Å². The summed E-state index contributed by atoms with van der Waals surface area (Å²) in [5.74, 6) is 0.152. The maximum absolute atomic E-state index is 12.7. The Morgan fingerprint density at radius 3 is 2.75 bits per heavy atom. The van der Waals surface area contributed by atoms with Crippen molar-refractivity contribution < 1.29 is 9.53 Å². The monoisotopic (exact) mass is 412 g/mol. The van der Waals surface area contributed by atoms with Crippen molar-refractivity contribution in [2.24, 2.45) is 0 Å². The molecule has 2 aromatic carbocycles. The molecule has 0 bridgehead atoms. The van der Waals surface area contributed by atoms with E-state index in [2.05, 4.69) is 15.2 Å². The van der Waals surface area contributed by atoms with Crippen molar-refractivity contribution in [3.8, 4) is 17.1 Å². The summed E-state index contributed by atoms with van der Waals surface area (Å²) in [7, 11) is 0. The van der Waals surface area contributed by atoms with Gasteiger partial charge in [0.05, 0.1) is 5.69 Å². The Kier molecular flexibility index (Phi) is 4.95. The molecular weight excluding hydrogens is 396 g/mol. The Bertz CT molecular complexity index is 1080. The van der Waals surface area contributed by atoms with Gasteiger partial charge in [-0.15, -0.1) is 10.2 Å². The lowest BCUT2D eigenvalue weighted by Gasteiger charge is -2.30. The Hall–Kier alpha value is -2.64. The van der Waals surface area contributed by atoms with Crippen molar-refractivity contribution in [1.82, 2.24) is 15.2 Å². The van der Waals surface area contributed by atoms with Gasteiger partial charge in [0.25, 0.3) is 0 Å². The largest absolute Gasteiger partial charge is 0.447 e. The van der Waals surface area contributed by atoms with Gasteiger partial charge in [-0.1, -0.05) is 53.2 Å². The molecule has 0 spiro atoms. The molecule has 0 saturated carbocycles. The molecule has 142 valence electrons. The van der Waals surface area contributed by atoms with Gasteiger partial charge in [0.2, 0.25) is 23.2 Å².